The second-order valence-electron chi connectivity index (χ2n) is 6.47. The molecule has 0 aliphatic rings. The Morgan fingerprint density at radius 2 is 1.03 bits per heavy atom. The maximum atomic E-state index is 12.7. The fourth-order valence-corrected chi connectivity index (χ4v) is 2.74. The largest absolute Gasteiger partial charge is 0.493 e. The van der Waals surface area contributed by atoms with Crippen LogP contribution in [0.4, 0.5) is 26.3 Å². The van der Waals surface area contributed by atoms with Gasteiger partial charge in [0, 0.05) is 57.7 Å². The first-order valence-electron chi connectivity index (χ1n) is 8.72. The third kappa shape index (κ3) is 5.05. The first-order valence-corrected chi connectivity index (χ1v) is 8.72. The van der Waals surface area contributed by atoms with Gasteiger partial charge in [0.2, 0.25) is 11.8 Å². The molecular weight excluding hydrogens is 645 g/mol. The Labute approximate surface area is 193 Å². The second-order valence-corrected chi connectivity index (χ2v) is 6.47. The third-order valence-corrected chi connectivity index (χ3v) is 4.21. The van der Waals surface area contributed by atoms with Crippen molar-refractivity contribution in [2.45, 2.75) is 25.4 Å². The van der Waals surface area contributed by atoms with E-state index in [4.69, 9.17) is 0 Å². The van der Waals surface area contributed by atoms with Crippen molar-refractivity contribution < 1.29 is 57.6 Å². The minimum atomic E-state index is -4.73. The van der Waals surface area contributed by atoms with Crippen LogP contribution in [0, 0.1) is 0 Å². The van der Waals surface area contributed by atoms with E-state index in [2.05, 4.69) is 20.4 Å². The summed E-state index contributed by atoms with van der Waals surface area (Å²) in [6.07, 6.45) is -6.59. The molecule has 4 heterocycles. The molecule has 0 aromatic carbocycles. The number of hydrogen-bond acceptors (Lipinski definition) is 6. The van der Waals surface area contributed by atoms with Crippen molar-refractivity contribution in [1.82, 2.24) is 39.1 Å². The number of rotatable bonds is 5. The van der Waals surface area contributed by atoms with E-state index in [1.807, 2.05) is 0 Å². The summed E-state index contributed by atoms with van der Waals surface area (Å²) in [5, 5.41) is 34.0. The Kier molecular flexibility index (Phi) is 6.33. The summed E-state index contributed by atoms with van der Waals surface area (Å²) in [5.74, 6) is -1.59. The number of aromatic hydroxyl groups is 2. The molecule has 180 valence electrons. The van der Waals surface area contributed by atoms with Gasteiger partial charge in [0.25, 0.3) is 0 Å². The molecule has 4 rings (SSSR count). The summed E-state index contributed by atoms with van der Waals surface area (Å²) in [6, 6.07) is 3.61. The zero-order chi connectivity index (χ0) is 23.3. The summed E-state index contributed by atoms with van der Waals surface area (Å²) < 4.78 is 80.3. The summed E-state index contributed by atoms with van der Waals surface area (Å²) in [5.41, 5.74) is -2.55. The van der Waals surface area contributed by atoms with Crippen molar-refractivity contribution in [1.29, 1.82) is 0 Å². The van der Waals surface area contributed by atoms with E-state index in [1.54, 1.807) is 0 Å². The van der Waals surface area contributed by atoms with E-state index < -0.39 is 35.5 Å². The van der Waals surface area contributed by atoms with Crippen molar-refractivity contribution in [2.24, 2.45) is 0 Å². The number of nitrogens with zero attached hydrogens (tertiary/aromatic N) is 8. The number of hydrogen-bond donors (Lipinski definition) is 2. The van der Waals surface area contributed by atoms with Gasteiger partial charge in [-0.3, -0.25) is 9.36 Å². The van der Waals surface area contributed by atoms with Crippen LogP contribution in [-0.4, -0.2) is 49.3 Å². The zero-order valence-corrected chi connectivity index (χ0v) is 18.2. The minimum absolute atomic E-state index is 0. The first-order chi connectivity index (χ1) is 14.9. The molecule has 4 aromatic heterocycles. The van der Waals surface area contributed by atoms with E-state index in [1.165, 1.54) is 33.9 Å². The standard InChI is InChI=1S/C16H12F6N8O2.Pt/c17-15(18,19)9-7-13(31)29(23-9)11-1-3-27(25-11)5-6-28-4-2-12(26-28)30-14(32)8-10(24-30)16(20,21)22;/h1-4,7-8,31-32H,5-6H2;. The fraction of sp³-hybridized carbons (Fsp3) is 0.250. The van der Waals surface area contributed by atoms with Gasteiger partial charge in [0.1, 0.15) is 0 Å². The van der Waals surface area contributed by atoms with Gasteiger partial charge in [-0.25, -0.2) is 0 Å². The topological polar surface area (TPSA) is 112 Å². The summed E-state index contributed by atoms with van der Waals surface area (Å²) in [6.45, 7) is 0.350. The normalized spacial score (nSPS) is 12.2. The number of aromatic nitrogens is 8. The molecule has 10 nitrogen and oxygen atoms in total. The molecule has 0 fully saturated rings. The average molecular weight is 657 g/mol. The maximum absolute atomic E-state index is 12.7. The number of halogens is 6. The monoisotopic (exact) mass is 657 g/mol. The quantitative estimate of drug-likeness (QED) is 0.320. The minimum Gasteiger partial charge on any atom is -0.493 e. The molecule has 2 N–H and O–H groups in total. The SMILES string of the molecule is Oc1cc(C(F)(F)F)nn1-c1ccn(CCn2ccc(-n3nc(C(F)(F)F)cc3O)n2)n1.[Pt]. The number of alkyl halides is 6. The van der Waals surface area contributed by atoms with Gasteiger partial charge >= 0.3 is 12.4 Å². The average Bonchev–Trinajstić information content (AvgIpc) is 3.44. The van der Waals surface area contributed by atoms with Crippen LogP contribution in [0.2, 0.25) is 0 Å². The Morgan fingerprint density at radius 3 is 1.33 bits per heavy atom. The molecule has 0 bridgehead atoms. The summed E-state index contributed by atoms with van der Waals surface area (Å²) >= 11 is 0. The van der Waals surface area contributed by atoms with Crippen molar-refractivity contribution >= 4 is 0 Å². The smallest absolute Gasteiger partial charge is 0.435 e. The van der Waals surface area contributed by atoms with E-state index in [0.29, 0.717) is 21.5 Å². The Morgan fingerprint density at radius 1 is 0.667 bits per heavy atom. The summed E-state index contributed by atoms with van der Waals surface area (Å²) in [7, 11) is 0. The second kappa shape index (κ2) is 8.57. The van der Waals surface area contributed by atoms with Gasteiger partial charge in [-0.1, -0.05) is 0 Å². The van der Waals surface area contributed by atoms with E-state index in [0.717, 1.165) is 0 Å². The molecule has 0 aliphatic heterocycles. The van der Waals surface area contributed by atoms with Gasteiger partial charge in [0.05, 0.1) is 13.1 Å². The molecule has 0 saturated heterocycles. The van der Waals surface area contributed by atoms with Crippen LogP contribution in [0.5, 0.6) is 11.8 Å². The van der Waals surface area contributed by atoms with Gasteiger partial charge in [-0.2, -0.15) is 56.1 Å². The molecule has 0 spiro atoms. The molecule has 0 atom stereocenters. The first kappa shape index (κ1) is 24.4. The van der Waals surface area contributed by atoms with Crippen LogP contribution in [0.1, 0.15) is 11.4 Å². The predicted molar refractivity (Wildman–Crippen MR) is 92.0 cm³/mol. The van der Waals surface area contributed by atoms with Crippen LogP contribution >= 0.6 is 0 Å². The Bertz CT molecular complexity index is 1160. The van der Waals surface area contributed by atoms with Crippen LogP contribution in [-0.2, 0) is 46.5 Å². The molecule has 0 radical (unpaired) electrons. The van der Waals surface area contributed by atoms with E-state index in [9.17, 15) is 36.6 Å². The third-order valence-electron chi connectivity index (χ3n) is 4.21. The molecule has 0 amide bonds. The molecule has 33 heavy (non-hydrogen) atoms. The molecular formula is C16H12F6N8O2Pt. The van der Waals surface area contributed by atoms with Crippen molar-refractivity contribution in [3.63, 3.8) is 0 Å². The van der Waals surface area contributed by atoms with Crippen molar-refractivity contribution in [2.75, 3.05) is 0 Å². The van der Waals surface area contributed by atoms with Crippen molar-refractivity contribution in [3.8, 4) is 23.4 Å². The van der Waals surface area contributed by atoms with Gasteiger partial charge in [-0.05, 0) is 0 Å². The van der Waals surface area contributed by atoms with Crippen LogP contribution < -0.4 is 0 Å². The fourth-order valence-electron chi connectivity index (χ4n) is 2.74. The molecule has 4 aromatic rings. The maximum Gasteiger partial charge on any atom is 0.435 e. The van der Waals surface area contributed by atoms with E-state index >= 15 is 0 Å². The van der Waals surface area contributed by atoms with Gasteiger partial charge in [-0.15, -0.1) is 0 Å². The zero-order valence-electron chi connectivity index (χ0n) is 15.9. The summed E-state index contributed by atoms with van der Waals surface area (Å²) in [4.78, 5) is 0. The predicted octanol–water partition coefficient (Wildman–Crippen LogP) is 2.60. The molecule has 0 aliphatic carbocycles. The van der Waals surface area contributed by atoms with Crippen LogP contribution in [0.25, 0.3) is 11.6 Å². The van der Waals surface area contributed by atoms with Crippen LogP contribution in [0.15, 0.2) is 36.7 Å². The number of aryl methyl sites for hydroxylation is 2. The van der Waals surface area contributed by atoms with E-state index in [-0.39, 0.29) is 45.8 Å². The molecule has 17 heteroatoms. The molecule has 0 unspecified atom stereocenters. The Hall–Kier alpha value is -3.29. The van der Waals surface area contributed by atoms with Crippen molar-refractivity contribution in [3.05, 3.63) is 48.0 Å². The van der Waals surface area contributed by atoms with Crippen LogP contribution in [0.3, 0.4) is 0 Å². The van der Waals surface area contributed by atoms with Gasteiger partial charge in [0.15, 0.2) is 23.0 Å². The molecule has 0 saturated carbocycles. The van der Waals surface area contributed by atoms with Gasteiger partial charge < -0.3 is 10.2 Å². The Balaban J connectivity index is 0.00000306.